The lowest BCUT2D eigenvalue weighted by Gasteiger charge is -2.51. The van der Waals surface area contributed by atoms with Crippen LogP contribution in [0.5, 0.6) is 0 Å². The molecule has 2 aromatic rings. The Morgan fingerprint density at radius 1 is 1.26 bits per heavy atom. The molecule has 1 amide bonds. The monoisotopic (exact) mass is 359 g/mol. The van der Waals surface area contributed by atoms with Gasteiger partial charge in [0.25, 0.3) is 5.91 Å². The Bertz CT molecular complexity index is 905. The van der Waals surface area contributed by atoms with Gasteiger partial charge in [0.15, 0.2) is 0 Å². The van der Waals surface area contributed by atoms with E-state index in [0.29, 0.717) is 5.92 Å². The van der Waals surface area contributed by atoms with E-state index in [0.717, 1.165) is 11.1 Å². The first-order valence-electron chi connectivity index (χ1n) is 8.92. The number of carbonyl (C=O) groups is 1. The number of amides is 1. The van der Waals surface area contributed by atoms with E-state index in [9.17, 15) is 15.2 Å². The summed E-state index contributed by atoms with van der Waals surface area (Å²) in [7, 11) is 0. The van der Waals surface area contributed by atoms with Crippen molar-refractivity contribution in [2.24, 2.45) is 5.92 Å². The van der Waals surface area contributed by atoms with E-state index in [4.69, 9.17) is 0 Å². The lowest BCUT2D eigenvalue weighted by molar-refractivity contribution is -0.00629. The summed E-state index contributed by atoms with van der Waals surface area (Å²) in [6.45, 7) is 3.86. The van der Waals surface area contributed by atoms with Gasteiger partial charge in [-0.3, -0.25) is 9.78 Å². The molecule has 0 saturated carbocycles. The van der Waals surface area contributed by atoms with Crippen LogP contribution in [-0.4, -0.2) is 39.6 Å². The second-order valence-corrected chi connectivity index (χ2v) is 6.82. The molecule has 136 valence electrons. The molecule has 5 heteroatoms. The first kappa shape index (κ1) is 18.6. The fourth-order valence-corrected chi connectivity index (χ4v) is 3.32. The number of hydrogen-bond donors (Lipinski definition) is 1. The zero-order chi connectivity index (χ0) is 19.4. The van der Waals surface area contributed by atoms with Crippen molar-refractivity contribution in [2.75, 3.05) is 6.61 Å². The quantitative estimate of drug-likeness (QED) is 0.855. The molecule has 0 radical (unpaired) electrons. The Kier molecular flexibility index (Phi) is 5.54. The van der Waals surface area contributed by atoms with Gasteiger partial charge in [-0.1, -0.05) is 43.9 Å². The van der Waals surface area contributed by atoms with Crippen LogP contribution in [-0.2, 0) is 0 Å². The highest BCUT2D eigenvalue weighted by molar-refractivity contribution is 5.94. The second-order valence-electron chi connectivity index (χ2n) is 6.82. The molecule has 1 aromatic heterocycles. The van der Waals surface area contributed by atoms with Crippen molar-refractivity contribution in [3.05, 3.63) is 65.5 Å². The van der Waals surface area contributed by atoms with Crippen molar-refractivity contribution in [1.29, 1.82) is 5.26 Å². The number of likely N-dealkylation sites (tertiary alicyclic amines) is 1. The predicted octanol–water partition coefficient (Wildman–Crippen LogP) is 2.58. The number of hydrogen-bond acceptors (Lipinski definition) is 4. The molecule has 1 N–H and O–H groups in total. The zero-order valence-electron chi connectivity index (χ0n) is 15.3. The number of benzene rings is 1. The van der Waals surface area contributed by atoms with Crippen LogP contribution in [0.15, 0.2) is 48.7 Å². The number of nitrogens with zero attached hydrogens (tertiary/aromatic N) is 3. The summed E-state index contributed by atoms with van der Waals surface area (Å²) in [5.41, 5.74) is 2.09. The minimum absolute atomic E-state index is 0.212. The molecule has 0 bridgehead atoms. The number of rotatable bonds is 3. The van der Waals surface area contributed by atoms with Crippen LogP contribution >= 0.6 is 0 Å². The number of aromatic nitrogens is 1. The smallest absolute Gasteiger partial charge is 0.273 e. The van der Waals surface area contributed by atoms with E-state index in [1.165, 1.54) is 11.1 Å². The molecular formula is C22H21N3O2. The summed E-state index contributed by atoms with van der Waals surface area (Å²) in [6.07, 6.45) is 1.54. The Hall–Kier alpha value is -3.15. The number of aliphatic hydroxyl groups is 1. The van der Waals surface area contributed by atoms with E-state index in [-0.39, 0.29) is 24.1 Å². The third-order valence-corrected chi connectivity index (χ3v) is 4.65. The molecule has 1 fully saturated rings. The SMILES string of the molecule is CC(C)C#Cc1ccc([C@@H]2[C@@H](C#N)N(C(=O)c3ccccn3)[C@H]2CO)cc1. The highest BCUT2D eigenvalue weighted by Crippen LogP contribution is 2.41. The first-order chi connectivity index (χ1) is 13.1. The topological polar surface area (TPSA) is 77.2 Å². The van der Waals surface area contributed by atoms with Crippen molar-refractivity contribution < 1.29 is 9.90 Å². The summed E-state index contributed by atoms with van der Waals surface area (Å²) in [5, 5.41) is 19.5. The van der Waals surface area contributed by atoms with E-state index in [2.05, 4.69) is 22.9 Å². The first-order valence-corrected chi connectivity index (χ1v) is 8.92. The fraction of sp³-hybridized carbons (Fsp3) is 0.318. The van der Waals surface area contributed by atoms with Crippen LogP contribution in [0, 0.1) is 29.1 Å². The molecule has 1 aromatic carbocycles. The molecule has 0 spiro atoms. The summed E-state index contributed by atoms with van der Waals surface area (Å²) < 4.78 is 0. The standard InChI is InChI=1S/C22H21N3O2/c1-15(2)6-7-16-8-10-17(11-9-16)21-19(13-23)25(20(21)14-26)22(27)18-5-3-4-12-24-18/h3-5,8-12,15,19-21,26H,14H2,1-2H3/t19-,20+,21-/m1/s1. The van der Waals surface area contributed by atoms with E-state index < -0.39 is 12.1 Å². The molecule has 3 atom stereocenters. The lowest BCUT2D eigenvalue weighted by Crippen LogP contribution is -2.65. The molecular weight excluding hydrogens is 338 g/mol. The largest absolute Gasteiger partial charge is 0.394 e. The molecule has 27 heavy (non-hydrogen) atoms. The van der Waals surface area contributed by atoms with Crippen LogP contribution in [0.25, 0.3) is 0 Å². The van der Waals surface area contributed by atoms with E-state index in [1.54, 1.807) is 18.2 Å². The summed E-state index contributed by atoms with van der Waals surface area (Å²) in [6, 6.07) is 13.9. The predicted molar refractivity (Wildman–Crippen MR) is 102 cm³/mol. The number of nitriles is 1. The van der Waals surface area contributed by atoms with Gasteiger partial charge < -0.3 is 10.0 Å². The molecule has 0 aliphatic carbocycles. The number of pyridine rings is 1. The molecule has 0 unspecified atom stereocenters. The van der Waals surface area contributed by atoms with Crippen LogP contribution in [0.4, 0.5) is 0 Å². The minimum Gasteiger partial charge on any atom is -0.394 e. The molecule has 2 heterocycles. The van der Waals surface area contributed by atoms with Crippen molar-refractivity contribution >= 4 is 5.91 Å². The normalized spacial score (nSPS) is 21.0. The van der Waals surface area contributed by atoms with Gasteiger partial charge in [0.2, 0.25) is 0 Å². The molecule has 1 aliphatic rings. The van der Waals surface area contributed by atoms with Gasteiger partial charge in [-0.2, -0.15) is 5.26 Å². The van der Waals surface area contributed by atoms with Crippen LogP contribution < -0.4 is 0 Å². The highest BCUT2D eigenvalue weighted by atomic mass is 16.3. The average molecular weight is 359 g/mol. The highest BCUT2D eigenvalue weighted by Gasteiger charge is 2.52. The summed E-state index contributed by atoms with van der Waals surface area (Å²) in [5.74, 6) is 5.95. The van der Waals surface area contributed by atoms with Gasteiger partial charge in [0.1, 0.15) is 11.7 Å². The van der Waals surface area contributed by atoms with Gasteiger partial charge >= 0.3 is 0 Å². The Morgan fingerprint density at radius 3 is 2.56 bits per heavy atom. The Balaban J connectivity index is 1.84. The zero-order valence-corrected chi connectivity index (χ0v) is 15.3. The van der Waals surface area contributed by atoms with Gasteiger partial charge in [-0.05, 0) is 29.8 Å². The lowest BCUT2D eigenvalue weighted by atomic mass is 9.75. The van der Waals surface area contributed by atoms with Gasteiger partial charge in [0.05, 0.1) is 18.7 Å². The van der Waals surface area contributed by atoms with Gasteiger partial charge in [-0.15, -0.1) is 0 Å². The van der Waals surface area contributed by atoms with Crippen molar-refractivity contribution in [1.82, 2.24) is 9.88 Å². The van der Waals surface area contributed by atoms with Crippen LogP contribution in [0.1, 0.15) is 41.4 Å². The van der Waals surface area contributed by atoms with Crippen molar-refractivity contribution in [3.8, 4) is 17.9 Å². The molecule has 1 saturated heterocycles. The van der Waals surface area contributed by atoms with E-state index in [1.807, 2.05) is 38.1 Å². The Morgan fingerprint density at radius 2 is 2.00 bits per heavy atom. The van der Waals surface area contributed by atoms with Gasteiger partial charge in [0, 0.05) is 23.6 Å². The summed E-state index contributed by atoms with van der Waals surface area (Å²) in [4.78, 5) is 18.2. The second kappa shape index (κ2) is 8.03. The van der Waals surface area contributed by atoms with Crippen LogP contribution in [0.3, 0.4) is 0 Å². The average Bonchev–Trinajstić information content (AvgIpc) is 2.67. The molecule has 1 aliphatic heterocycles. The summed E-state index contributed by atoms with van der Waals surface area (Å²) >= 11 is 0. The Labute approximate surface area is 159 Å². The maximum atomic E-state index is 12.7. The number of aliphatic hydroxyl groups excluding tert-OH is 1. The maximum Gasteiger partial charge on any atom is 0.273 e. The third-order valence-electron chi connectivity index (χ3n) is 4.65. The fourth-order valence-electron chi connectivity index (χ4n) is 3.32. The van der Waals surface area contributed by atoms with E-state index >= 15 is 0 Å². The van der Waals surface area contributed by atoms with Crippen LogP contribution in [0.2, 0.25) is 0 Å². The van der Waals surface area contributed by atoms with Crippen molar-refractivity contribution in [2.45, 2.75) is 31.8 Å². The maximum absolute atomic E-state index is 12.7. The van der Waals surface area contributed by atoms with Gasteiger partial charge in [-0.25, -0.2) is 0 Å². The molecule has 3 rings (SSSR count). The van der Waals surface area contributed by atoms with Crippen molar-refractivity contribution in [3.63, 3.8) is 0 Å². The molecule has 5 nitrogen and oxygen atoms in total. The number of carbonyl (C=O) groups excluding carboxylic acids is 1. The minimum atomic E-state index is -0.635. The third kappa shape index (κ3) is 3.69.